The molecule has 2 aliphatic rings. The van der Waals surface area contributed by atoms with Gasteiger partial charge in [-0.3, -0.25) is 10.2 Å². The van der Waals surface area contributed by atoms with E-state index in [1.54, 1.807) is 29.5 Å². The van der Waals surface area contributed by atoms with Gasteiger partial charge in [-0.1, -0.05) is 6.07 Å². The molecule has 0 atom stereocenters. The van der Waals surface area contributed by atoms with E-state index in [4.69, 9.17) is 5.41 Å². The lowest BCUT2D eigenvalue weighted by Gasteiger charge is -2.20. The van der Waals surface area contributed by atoms with Gasteiger partial charge in [-0.25, -0.2) is 4.39 Å². The average Bonchev–Trinajstić information content (AvgIpc) is 3.46. The van der Waals surface area contributed by atoms with E-state index in [0.29, 0.717) is 5.17 Å². The number of fused-ring (bicyclic) bond motifs is 1. The van der Waals surface area contributed by atoms with Crippen molar-refractivity contribution in [1.29, 1.82) is 5.41 Å². The molecule has 4 heterocycles. The summed E-state index contributed by atoms with van der Waals surface area (Å²) in [6.45, 7) is 3.87. The van der Waals surface area contributed by atoms with Crippen LogP contribution in [-0.4, -0.2) is 31.5 Å². The Morgan fingerprint density at radius 3 is 2.65 bits per heavy atom. The Hall–Kier alpha value is -3.30. The fourth-order valence-corrected chi connectivity index (χ4v) is 5.25. The van der Waals surface area contributed by atoms with Crippen molar-refractivity contribution in [2.24, 2.45) is 10.1 Å². The van der Waals surface area contributed by atoms with E-state index in [0.717, 1.165) is 32.6 Å². The lowest BCUT2D eigenvalue weighted by Crippen LogP contribution is -2.35. The summed E-state index contributed by atoms with van der Waals surface area (Å²) >= 11 is 2.84. The largest absolute Gasteiger partial charge is 0.318 e. The number of carbonyl (C=O) groups excluding carboxylic acids is 1. The summed E-state index contributed by atoms with van der Waals surface area (Å²) in [6.07, 6.45) is 1.68. The average molecular weight is 450 g/mol. The highest BCUT2D eigenvalue weighted by Gasteiger charge is 2.36. The molecule has 0 bridgehead atoms. The van der Waals surface area contributed by atoms with Gasteiger partial charge >= 0.3 is 0 Å². The summed E-state index contributed by atoms with van der Waals surface area (Å²) < 4.78 is 15.3. The van der Waals surface area contributed by atoms with Crippen LogP contribution in [0.2, 0.25) is 0 Å². The van der Waals surface area contributed by atoms with Crippen LogP contribution in [0.15, 0.2) is 63.5 Å². The predicted molar refractivity (Wildman–Crippen MR) is 124 cm³/mol. The number of hydrogen-bond acceptors (Lipinski definition) is 5. The molecular formula is C22H16FN5OS2. The highest BCUT2D eigenvalue weighted by Crippen LogP contribution is 2.33. The first-order chi connectivity index (χ1) is 14.9. The van der Waals surface area contributed by atoms with Gasteiger partial charge in [0.25, 0.3) is 5.91 Å². The van der Waals surface area contributed by atoms with Crippen molar-refractivity contribution in [2.75, 3.05) is 0 Å². The normalized spacial score (nSPS) is 17.3. The first-order valence-electron chi connectivity index (χ1n) is 9.41. The van der Waals surface area contributed by atoms with Gasteiger partial charge in [0.1, 0.15) is 10.9 Å². The molecule has 3 aromatic rings. The first kappa shape index (κ1) is 19.7. The van der Waals surface area contributed by atoms with Crippen LogP contribution in [0.1, 0.15) is 21.8 Å². The topological polar surface area (TPSA) is 73.8 Å². The Morgan fingerprint density at radius 2 is 1.94 bits per heavy atom. The molecule has 5 rings (SSSR count). The third-order valence-corrected chi connectivity index (χ3v) is 6.99. The molecule has 0 saturated heterocycles. The van der Waals surface area contributed by atoms with Crippen LogP contribution in [-0.2, 0) is 4.79 Å². The van der Waals surface area contributed by atoms with E-state index >= 15 is 0 Å². The molecule has 2 aliphatic heterocycles. The Morgan fingerprint density at radius 1 is 1.16 bits per heavy atom. The lowest BCUT2D eigenvalue weighted by molar-refractivity contribution is -0.114. The molecule has 1 N–H and O–H groups in total. The van der Waals surface area contributed by atoms with E-state index in [1.165, 1.54) is 28.9 Å². The standard InChI is InChI=1S/C22H16FN5OS2/c1-12-10-14(13(2)27(12)16-7-5-15(23)6-8-16)11-17-19(24)28-22(25-20(17)29)31-21(26-28)18-4-3-9-30-18/h3-11,24H,1-2H3/b17-11-,24-19?. The number of hydrazone groups is 1. The van der Waals surface area contributed by atoms with Gasteiger partial charge in [0.2, 0.25) is 5.17 Å². The first-order valence-corrected chi connectivity index (χ1v) is 11.1. The number of amidine groups is 2. The van der Waals surface area contributed by atoms with Crippen molar-refractivity contribution in [3.8, 4) is 5.69 Å². The number of rotatable bonds is 3. The van der Waals surface area contributed by atoms with Crippen LogP contribution >= 0.6 is 23.1 Å². The Bertz CT molecular complexity index is 1320. The summed E-state index contributed by atoms with van der Waals surface area (Å²) in [4.78, 5) is 17.8. The van der Waals surface area contributed by atoms with Crippen molar-refractivity contribution >= 4 is 51.1 Å². The number of halogens is 1. The molecule has 0 saturated carbocycles. The van der Waals surface area contributed by atoms with Crippen molar-refractivity contribution < 1.29 is 9.18 Å². The number of aromatic nitrogens is 1. The number of aliphatic imine (C=N–C) groups is 1. The number of hydrogen-bond donors (Lipinski definition) is 1. The van der Waals surface area contributed by atoms with Gasteiger partial charge in [0, 0.05) is 17.1 Å². The SMILES string of the molecule is Cc1cc(/C=C2/C(=N)N3N=C(c4cccs4)SC3=NC2=O)c(C)n1-c1ccc(F)cc1. The number of nitrogens with zero attached hydrogens (tertiary/aromatic N) is 4. The van der Waals surface area contributed by atoms with Gasteiger partial charge in [-0.2, -0.15) is 15.1 Å². The minimum absolute atomic E-state index is 0.000594. The summed E-state index contributed by atoms with van der Waals surface area (Å²) in [5.41, 5.74) is 3.62. The maximum Gasteiger partial charge on any atom is 0.283 e. The highest BCUT2D eigenvalue weighted by atomic mass is 32.2. The number of benzene rings is 1. The Labute approximate surface area is 185 Å². The minimum Gasteiger partial charge on any atom is -0.318 e. The Kier molecular flexibility index (Phi) is 4.71. The van der Waals surface area contributed by atoms with Gasteiger partial charge in [-0.05, 0) is 79.0 Å². The van der Waals surface area contributed by atoms with Crippen LogP contribution in [0.4, 0.5) is 4.39 Å². The number of thioether (sulfide) groups is 1. The van der Waals surface area contributed by atoms with Crippen LogP contribution in [0.5, 0.6) is 0 Å². The zero-order valence-corrected chi connectivity index (χ0v) is 18.2. The molecule has 1 amide bonds. The minimum atomic E-state index is -0.460. The molecule has 0 fully saturated rings. The van der Waals surface area contributed by atoms with Crippen LogP contribution in [0.25, 0.3) is 11.8 Å². The van der Waals surface area contributed by atoms with Crippen molar-refractivity contribution in [2.45, 2.75) is 13.8 Å². The number of amides is 1. The number of carbonyl (C=O) groups is 1. The second-order valence-corrected chi connectivity index (χ2v) is 8.94. The van der Waals surface area contributed by atoms with Crippen LogP contribution < -0.4 is 0 Å². The van der Waals surface area contributed by atoms with Crippen molar-refractivity contribution in [3.63, 3.8) is 0 Å². The van der Waals surface area contributed by atoms with E-state index in [9.17, 15) is 9.18 Å². The summed E-state index contributed by atoms with van der Waals surface area (Å²) in [5.74, 6) is -0.756. The predicted octanol–water partition coefficient (Wildman–Crippen LogP) is 4.96. The molecule has 154 valence electrons. The fourth-order valence-electron chi connectivity index (χ4n) is 3.57. The van der Waals surface area contributed by atoms with E-state index in [1.807, 2.05) is 42.0 Å². The summed E-state index contributed by atoms with van der Waals surface area (Å²) in [6, 6.07) is 12.1. The van der Waals surface area contributed by atoms with Crippen molar-refractivity contribution in [1.82, 2.24) is 9.58 Å². The lowest BCUT2D eigenvalue weighted by atomic mass is 10.1. The molecular weight excluding hydrogens is 433 g/mol. The van der Waals surface area contributed by atoms with Gasteiger partial charge < -0.3 is 4.57 Å². The highest BCUT2D eigenvalue weighted by molar-refractivity contribution is 8.27. The molecule has 6 nitrogen and oxygen atoms in total. The van der Waals surface area contributed by atoms with Crippen molar-refractivity contribution in [3.05, 3.63) is 81.1 Å². The molecule has 31 heavy (non-hydrogen) atoms. The van der Waals surface area contributed by atoms with Gasteiger partial charge in [0.15, 0.2) is 5.84 Å². The van der Waals surface area contributed by atoms with Gasteiger partial charge in [0.05, 0.1) is 10.5 Å². The monoisotopic (exact) mass is 449 g/mol. The number of thiophene rings is 1. The zero-order valence-electron chi connectivity index (χ0n) is 16.6. The summed E-state index contributed by atoms with van der Waals surface area (Å²) in [5, 5.41) is 17.6. The number of nitrogens with one attached hydrogen (secondary N) is 1. The number of aryl methyl sites for hydroxylation is 1. The van der Waals surface area contributed by atoms with Crippen LogP contribution in [0, 0.1) is 25.1 Å². The third-order valence-electron chi connectivity index (χ3n) is 5.04. The van der Waals surface area contributed by atoms with E-state index < -0.39 is 5.91 Å². The second-order valence-electron chi connectivity index (χ2n) is 7.04. The summed E-state index contributed by atoms with van der Waals surface area (Å²) in [7, 11) is 0. The quantitative estimate of drug-likeness (QED) is 0.574. The third kappa shape index (κ3) is 3.35. The molecule has 0 aliphatic carbocycles. The second kappa shape index (κ2) is 7.44. The zero-order chi connectivity index (χ0) is 21.7. The Balaban J connectivity index is 1.52. The molecule has 0 radical (unpaired) electrons. The molecule has 1 aromatic carbocycles. The maximum absolute atomic E-state index is 13.3. The van der Waals surface area contributed by atoms with E-state index in [-0.39, 0.29) is 17.2 Å². The van der Waals surface area contributed by atoms with E-state index in [2.05, 4.69) is 10.1 Å². The molecule has 0 spiro atoms. The van der Waals surface area contributed by atoms with Gasteiger partial charge in [-0.15, -0.1) is 11.3 Å². The maximum atomic E-state index is 13.3. The fraction of sp³-hybridized carbons (Fsp3) is 0.0909. The van der Waals surface area contributed by atoms with Crippen LogP contribution in [0.3, 0.4) is 0 Å². The smallest absolute Gasteiger partial charge is 0.283 e. The molecule has 9 heteroatoms. The molecule has 0 unspecified atom stereocenters. The molecule has 2 aromatic heterocycles.